The van der Waals surface area contributed by atoms with Gasteiger partial charge in [0.2, 0.25) is 0 Å². The van der Waals surface area contributed by atoms with E-state index in [0.29, 0.717) is 6.54 Å². The van der Waals surface area contributed by atoms with Gasteiger partial charge in [-0.2, -0.15) is 0 Å². The van der Waals surface area contributed by atoms with Crippen LogP contribution in [-0.4, -0.2) is 16.6 Å². The average Bonchev–Trinajstić information content (AvgIpc) is 2.48. The van der Waals surface area contributed by atoms with Crippen molar-refractivity contribution in [1.82, 2.24) is 15.3 Å². The fourth-order valence-electron chi connectivity index (χ4n) is 1.87. The molecule has 0 aliphatic carbocycles. The van der Waals surface area contributed by atoms with Crippen molar-refractivity contribution in [3.05, 3.63) is 52.0 Å². The molecule has 5 heteroatoms. The topological polar surface area (TPSA) is 47.0 Å². The summed E-state index contributed by atoms with van der Waals surface area (Å²) < 4.78 is 6.82. The van der Waals surface area contributed by atoms with Gasteiger partial charge in [0.05, 0.1) is 18.0 Å². The Bertz CT molecular complexity index is 572. The first-order valence-electron chi connectivity index (χ1n) is 7.08. The Morgan fingerprint density at radius 1 is 1.19 bits per heavy atom. The molecule has 0 aliphatic rings. The molecule has 21 heavy (non-hydrogen) atoms. The molecule has 1 heterocycles. The molecule has 0 bridgehead atoms. The molecular formula is C16H20BrN3O. The number of ether oxygens (including phenoxy) is 1. The number of rotatable bonds is 7. The van der Waals surface area contributed by atoms with Gasteiger partial charge < -0.3 is 10.1 Å². The van der Waals surface area contributed by atoms with Crippen LogP contribution in [0.3, 0.4) is 0 Å². The van der Waals surface area contributed by atoms with Crippen LogP contribution in [-0.2, 0) is 13.1 Å². The summed E-state index contributed by atoms with van der Waals surface area (Å²) in [7, 11) is 0. The summed E-state index contributed by atoms with van der Waals surface area (Å²) in [6, 6.07) is 6.08. The third-order valence-corrected chi connectivity index (χ3v) is 3.43. The van der Waals surface area contributed by atoms with Gasteiger partial charge in [-0.3, -0.25) is 9.97 Å². The van der Waals surface area contributed by atoms with Gasteiger partial charge in [-0.05, 0) is 31.5 Å². The van der Waals surface area contributed by atoms with Crippen molar-refractivity contribution in [2.24, 2.45) is 0 Å². The highest BCUT2D eigenvalue weighted by Gasteiger charge is 2.05. The molecule has 1 aromatic heterocycles. The zero-order valence-electron chi connectivity index (χ0n) is 12.4. The second kappa shape index (κ2) is 8.10. The molecule has 0 aliphatic heterocycles. The van der Waals surface area contributed by atoms with E-state index in [1.165, 1.54) is 0 Å². The van der Waals surface area contributed by atoms with Gasteiger partial charge in [-0.1, -0.05) is 22.9 Å². The second-order valence-electron chi connectivity index (χ2n) is 4.85. The lowest BCUT2D eigenvalue weighted by Crippen LogP contribution is -2.15. The smallest absolute Gasteiger partial charge is 0.123 e. The molecule has 112 valence electrons. The van der Waals surface area contributed by atoms with Gasteiger partial charge >= 0.3 is 0 Å². The molecule has 0 amide bonds. The standard InChI is InChI=1S/C16H20BrN3O/c1-3-6-21-16-5-4-14(17)7-13(16)9-18-10-15-11-19-12(2)8-20-15/h4-5,7-8,11,18H,3,6,9-10H2,1-2H3. The summed E-state index contributed by atoms with van der Waals surface area (Å²) >= 11 is 3.50. The van der Waals surface area contributed by atoms with Crippen LogP contribution in [0.4, 0.5) is 0 Å². The minimum absolute atomic E-state index is 0.688. The van der Waals surface area contributed by atoms with E-state index < -0.39 is 0 Å². The quantitative estimate of drug-likeness (QED) is 0.829. The molecule has 0 radical (unpaired) electrons. The van der Waals surface area contributed by atoms with Crippen molar-refractivity contribution in [1.29, 1.82) is 0 Å². The first kappa shape index (κ1) is 15.9. The number of nitrogens with zero attached hydrogens (tertiary/aromatic N) is 2. The van der Waals surface area contributed by atoms with Gasteiger partial charge in [-0.25, -0.2) is 0 Å². The molecule has 1 aromatic carbocycles. The van der Waals surface area contributed by atoms with E-state index in [1.807, 2.05) is 19.1 Å². The minimum Gasteiger partial charge on any atom is -0.493 e. The Kier molecular flexibility index (Phi) is 6.14. The molecular weight excluding hydrogens is 330 g/mol. The van der Waals surface area contributed by atoms with Crippen molar-refractivity contribution >= 4 is 15.9 Å². The van der Waals surface area contributed by atoms with E-state index in [0.717, 1.165) is 46.7 Å². The summed E-state index contributed by atoms with van der Waals surface area (Å²) in [5.41, 5.74) is 3.01. The maximum atomic E-state index is 5.77. The van der Waals surface area contributed by atoms with Crippen molar-refractivity contribution in [3.63, 3.8) is 0 Å². The Morgan fingerprint density at radius 2 is 2.05 bits per heavy atom. The number of halogens is 1. The summed E-state index contributed by atoms with van der Waals surface area (Å²) in [5.74, 6) is 0.933. The Morgan fingerprint density at radius 3 is 2.76 bits per heavy atom. The largest absolute Gasteiger partial charge is 0.493 e. The molecule has 1 N–H and O–H groups in total. The van der Waals surface area contributed by atoms with Crippen LogP contribution in [0.1, 0.15) is 30.3 Å². The highest BCUT2D eigenvalue weighted by molar-refractivity contribution is 9.10. The summed E-state index contributed by atoms with van der Waals surface area (Å²) in [5, 5.41) is 3.38. The van der Waals surface area contributed by atoms with E-state index in [4.69, 9.17) is 4.74 Å². The highest BCUT2D eigenvalue weighted by atomic mass is 79.9. The van der Waals surface area contributed by atoms with Gasteiger partial charge in [0.1, 0.15) is 5.75 Å². The molecule has 0 atom stereocenters. The average molecular weight is 350 g/mol. The number of aromatic nitrogens is 2. The SMILES string of the molecule is CCCOc1ccc(Br)cc1CNCc1cnc(C)cn1. The molecule has 4 nitrogen and oxygen atoms in total. The monoisotopic (exact) mass is 349 g/mol. The molecule has 2 aromatic rings. The number of aryl methyl sites for hydroxylation is 1. The summed E-state index contributed by atoms with van der Waals surface area (Å²) in [6.07, 6.45) is 4.59. The first-order valence-corrected chi connectivity index (χ1v) is 7.88. The normalized spacial score (nSPS) is 10.6. The van der Waals surface area contributed by atoms with Crippen LogP contribution in [0.15, 0.2) is 35.1 Å². The van der Waals surface area contributed by atoms with Crippen LogP contribution in [0, 0.1) is 6.92 Å². The van der Waals surface area contributed by atoms with Crippen LogP contribution < -0.4 is 10.1 Å². The molecule has 0 fully saturated rings. The maximum absolute atomic E-state index is 5.77. The van der Waals surface area contributed by atoms with Crippen LogP contribution in [0.25, 0.3) is 0 Å². The van der Waals surface area contributed by atoms with E-state index in [-0.39, 0.29) is 0 Å². The zero-order chi connectivity index (χ0) is 15.1. The molecule has 0 spiro atoms. The van der Waals surface area contributed by atoms with Crippen molar-refractivity contribution in [2.45, 2.75) is 33.4 Å². The summed E-state index contributed by atoms with van der Waals surface area (Å²) in [4.78, 5) is 8.58. The van der Waals surface area contributed by atoms with Gasteiger partial charge in [0.25, 0.3) is 0 Å². The fraction of sp³-hybridized carbons (Fsp3) is 0.375. The molecule has 0 saturated carbocycles. The third kappa shape index (κ3) is 5.10. The Balaban J connectivity index is 1.95. The second-order valence-corrected chi connectivity index (χ2v) is 5.77. The number of benzene rings is 1. The summed E-state index contributed by atoms with van der Waals surface area (Å²) in [6.45, 7) is 6.19. The number of hydrogen-bond donors (Lipinski definition) is 1. The van der Waals surface area contributed by atoms with E-state index in [1.54, 1.807) is 12.4 Å². The predicted molar refractivity (Wildman–Crippen MR) is 87.2 cm³/mol. The molecule has 0 saturated heterocycles. The molecule has 2 rings (SSSR count). The van der Waals surface area contributed by atoms with Crippen LogP contribution in [0.5, 0.6) is 5.75 Å². The van der Waals surface area contributed by atoms with Crippen LogP contribution in [0.2, 0.25) is 0 Å². The van der Waals surface area contributed by atoms with Crippen molar-refractivity contribution in [3.8, 4) is 5.75 Å². The predicted octanol–water partition coefficient (Wildman–Crippen LogP) is 3.63. The third-order valence-electron chi connectivity index (χ3n) is 2.94. The lowest BCUT2D eigenvalue weighted by molar-refractivity contribution is 0.313. The van der Waals surface area contributed by atoms with Gasteiger partial charge in [-0.15, -0.1) is 0 Å². The van der Waals surface area contributed by atoms with Crippen molar-refractivity contribution < 1.29 is 4.74 Å². The highest BCUT2D eigenvalue weighted by Crippen LogP contribution is 2.23. The zero-order valence-corrected chi connectivity index (χ0v) is 14.0. The van der Waals surface area contributed by atoms with Gasteiger partial charge in [0, 0.05) is 35.5 Å². The lowest BCUT2D eigenvalue weighted by Gasteiger charge is -2.12. The first-order chi connectivity index (χ1) is 10.2. The minimum atomic E-state index is 0.688. The Labute approximate surface area is 134 Å². The van der Waals surface area contributed by atoms with Crippen LogP contribution >= 0.6 is 15.9 Å². The number of nitrogens with one attached hydrogen (secondary N) is 1. The van der Waals surface area contributed by atoms with E-state index >= 15 is 0 Å². The number of hydrogen-bond acceptors (Lipinski definition) is 4. The van der Waals surface area contributed by atoms with Gasteiger partial charge in [0.15, 0.2) is 0 Å². The van der Waals surface area contributed by atoms with E-state index in [2.05, 4.69) is 44.2 Å². The Hall–Kier alpha value is -1.46. The van der Waals surface area contributed by atoms with Crippen molar-refractivity contribution in [2.75, 3.05) is 6.61 Å². The fourth-order valence-corrected chi connectivity index (χ4v) is 2.28. The van der Waals surface area contributed by atoms with E-state index in [9.17, 15) is 0 Å². The maximum Gasteiger partial charge on any atom is 0.123 e. The lowest BCUT2D eigenvalue weighted by atomic mass is 10.2. The molecule has 0 unspecified atom stereocenters.